The van der Waals surface area contributed by atoms with Crippen LogP contribution in [0.2, 0.25) is 0 Å². The zero-order chi connectivity index (χ0) is 12.1. The lowest BCUT2D eigenvalue weighted by Gasteiger charge is -2.29. The molecule has 17 heavy (non-hydrogen) atoms. The maximum atomic E-state index is 10.8. The van der Waals surface area contributed by atoms with Crippen LogP contribution in [0.4, 0.5) is 0 Å². The Hall–Kier alpha value is -0.740. The van der Waals surface area contributed by atoms with Gasteiger partial charge in [0.2, 0.25) is 0 Å². The van der Waals surface area contributed by atoms with Gasteiger partial charge in [-0.1, -0.05) is 6.92 Å². The molecule has 1 unspecified atom stereocenters. The second-order valence-corrected chi connectivity index (χ2v) is 5.70. The number of aryl methyl sites for hydroxylation is 1. The fraction of sp³-hybridized carbons (Fsp3) is 0.692. The number of aromatic nitrogens is 1. The van der Waals surface area contributed by atoms with Crippen molar-refractivity contribution < 1.29 is 4.79 Å². The number of aldehydes is 1. The van der Waals surface area contributed by atoms with Gasteiger partial charge in [-0.15, -0.1) is 11.3 Å². The summed E-state index contributed by atoms with van der Waals surface area (Å²) < 4.78 is 0. The van der Waals surface area contributed by atoms with Crippen molar-refractivity contribution in [3.05, 3.63) is 16.1 Å². The number of nitrogens with zero attached hydrogens (tertiary/aromatic N) is 2. The lowest BCUT2D eigenvalue weighted by molar-refractivity contribution is -0.112. The number of carbonyl (C=O) groups excluding carboxylic acids is 1. The highest BCUT2D eigenvalue weighted by atomic mass is 32.1. The van der Waals surface area contributed by atoms with E-state index in [2.05, 4.69) is 22.2 Å². The molecule has 1 saturated heterocycles. The number of thiazole rings is 1. The first-order valence-corrected chi connectivity index (χ1v) is 7.30. The second-order valence-electron chi connectivity index (χ2n) is 4.76. The van der Waals surface area contributed by atoms with E-state index >= 15 is 0 Å². The summed E-state index contributed by atoms with van der Waals surface area (Å²) in [4.78, 5) is 17.8. The van der Waals surface area contributed by atoms with Gasteiger partial charge < -0.3 is 4.79 Å². The number of hydrogen-bond acceptors (Lipinski definition) is 4. The number of rotatable bonds is 5. The molecule has 0 bridgehead atoms. The SMILES string of the molecule is CCCc1nc(CN2CCCC(C=O)C2)cs1. The zero-order valence-corrected chi connectivity index (χ0v) is 11.2. The van der Waals surface area contributed by atoms with Gasteiger partial charge in [0.25, 0.3) is 0 Å². The van der Waals surface area contributed by atoms with Crippen LogP contribution in [0.5, 0.6) is 0 Å². The molecule has 0 aromatic carbocycles. The second kappa shape index (κ2) is 6.26. The van der Waals surface area contributed by atoms with Gasteiger partial charge >= 0.3 is 0 Å². The minimum Gasteiger partial charge on any atom is -0.303 e. The summed E-state index contributed by atoms with van der Waals surface area (Å²) in [6.45, 7) is 5.10. The number of hydrogen-bond donors (Lipinski definition) is 0. The van der Waals surface area contributed by atoms with Gasteiger partial charge in [0.05, 0.1) is 10.7 Å². The van der Waals surface area contributed by atoms with Crippen LogP contribution in [0.3, 0.4) is 0 Å². The van der Waals surface area contributed by atoms with Gasteiger partial charge in [-0.2, -0.15) is 0 Å². The van der Waals surface area contributed by atoms with Crippen molar-refractivity contribution in [1.82, 2.24) is 9.88 Å². The maximum absolute atomic E-state index is 10.8. The third kappa shape index (κ3) is 3.61. The molecule has 1 aliphatic heterocycles. The first-order chi connectivity index (χ1) is 8.31. The topological polar surface area (TPSA) is 33.2 Å². The third-order valence-corrected chi connectivity index (χ3v) is 4.14. The molecule has 1 aromatic rings. The quantitative estimate of drug-likeness (QED) is 0.755. The van der Waals surface area contributed by atoms with E-state index in [-0.39, 0.29) is 5.92 Å². The zero-order valence-electron chi connectivity index (χ0n) is 10.4. The summed E-state index contributed by atoms with van der Waals surface area (Å²) in [6.07, 6.45) is 5.54. The van der Waals surface area contributed by atoms with Crippen LogP contribution < -0.4 is 0 Å². The molecule has 0 radical (unpaired) electrons. The molecule has 94 valence electrons. The Bertz CT molecular complexity index is 364. The minimum atomic E-state index is 0.234. The minimum absolute atomic E-state index is 0.234. The standard InChI is InChI=1S/C13H20N2OS/c1-2-4-13-14-12(10-17-13)8-15-6-3-5-11(7-15)9-16/h9-11H,2-8H2,1H3. The van der Waals surface area contributed by atoms with E-state index in [9.17, 15) is 4.79 Å². The highest BCUT2D eigenvalue weighted by Crippen LogP contribution is 2.18. The fourth-order valence-corrected chi connectivity index (χ4v) is 3.22. The van der Waals surface area contributed by atoms with Crippen LogP contribution in [0, 0.1) is 5.92 Å². The maximum Gasteiger partial charge on any atom is 0.124 e. The smallest absolute Gasteiger partial charge is 0.124 e. The van der Waals surface area contributed by atoms with E-state index < -0.39 is 0 Å². The normalized spacial score (nSPS) is 21.6. The summed E-state index contributed by atoms with van der Waals surface area (Å²) in [6, 6.07) is 0. The average molecular weight is 252 g/mol. The average Bonchev–Trinajstić information content (AvgIpc) is 2.77. The van der Waals surface area contributed by atoms with Crippen LogP contribution >= 0.6 is 11.3 Å². The van der Waals surface area contributed by atoms with Gasteiger partial charge in [0.15, 0.2) is 0 Å². The highest BCUT2D eigenvalue weighted by Gasteiger charge is 2.19. The summed E-state index contributed by atoms with van der Waals surface area (Å²) in [5.41, 5.74) is 1.17. The molecule has 0 aliphatic carbocycles. The molecule has 4 heteroatoms. The van der Waals surface area contributed by atoms with Gasteiger partial charge in [0, 0.05) is 24.4 Å². The molecule has 1 aromatic heterocycles. The van der Waals surface area contributed by atoms with Crippen LogP contribution in [0.1, 0.15) is 36.9 Å². The molecule has 2 heterocycles. The summed E-state index contributed by atoms with van der Waals surface area (Å²) in [5, 5.41) is 3.40. The molecule has 0 spiro atoms. The van der Waals surface area contributed by atoms with Gasteiger partial charge in [0.1, 0.15) is 6.29 Å². The van der Waals surface area contributed by atoms with Crippen molar-refractivity contribution in [2.45, 2.75) is 39.2 Å². The van der Waals surface area contributed by atoms with E-state index in [1.165, 1.54) is 10.7 Å². The molecule has 0 N–H and O–H groups in total. The molecule has 3 nitrogen and oxygen atoms in total. The Morgan fingerprint density at radius 3 is 3.29 bits per heavy atom. The number of likely N-dealkylation sites (tertiary alicyclic amines) is 1. The van der Waals surface area contributed by atoms with Crippen molar-refractivity contribution in [2.24, 2.45) is 5.92 Å². The lowest BCUT2D eigenvalue weighted by Crippen LogP contribution is -2.35. The Morgan fingerprint density at radius 2 is 2.53 bits per heavy atom. The van der Waals surface area contributed by atoms with Gasteiger partial charge in [-0.25, -0.2) is 4.98 Å². The number of piperidine rings is 1. The van der Waals surface area contributed by atoms with Gasteiger partial charge in [-0.3, -0.25) is 4.90 Å². The summed E-state index contributed by atoms with van der Waals surface area (Å²) >= 11 is 1.76. The van der Waals surface area contributed by atoms with Crippen LogP contribution in [0.15, 0.2) is 5.38 Å². The number of carbonyl (C=O) groups is 1. The van der Waals surface area contributed by atoms with Crippen LogP contribution in [0.25, 0.3) is 0 Å². The van der Waals surface area contributed by atoms with Crippen molar-refractivity contribution in [3.8, 4) is 0 Å². The van der Waals surface area contributed by atoms with E-state index in [0.29, 0.717) is 0 Å². The molecule has 1 atom stereocenters. The van der Waals surface area contributed by atoms with E-state index in [4.69, 9.17) is 0 Å². The third-order valence-electron chi connectivity index (χ3n) is 3.18. The van der Waals surface area contributed by atoms with Crippen molar-refractivity contribution in [2.75, 3.05) is 13.1 Å². The first kappa shape index (κ1) is 12.7. The Morgan fingerprint density at radius 1 is 1.65 bits per heavy atom. The molecule has 1 fully saturated rings. The van der Waals surface area contributed by atoms with Crippen molar-refractivity contribution in [1.29, 1.82) is 0 Å². The Balaban J connectivity index is 1.88. The predicted octanol–water partition coefficient (Wildman–Crippen LogP) is 2.51. The van der Waals surface area contributed by atoms with Crippen molar-refractivity contribution >= 4 is 17.6 Å². The fourth-order valence-electron chi connectivity index (χ4n) is 2.33. The van der Waals surface area contributed by atoms with Crippen LogP contribution in [-0.2, 0) is 17.8 Å². The first-order valence-electron chi connectivity index (χ1n) is 6.42. The summed E-state index contributed by atoms with van der Waals surface area (Å²) in [5.74, 6) is 0.234. The monoisotopic (exact) mass is 252 g/mol. The van der Waals surface area contributed by atoms with Gasteiger partial charge in [-0.05, 0) is 32.2 Å². The molecular weight excluding hydrogens is 232 g/mol. The van der Waals surface area contributed by atoms with E-state index in [1.807, 2.05) is 0 Å². The Kier molecular flexibility index (Phi) is 4.68. The highest BCUT2D eigenvalue weighted by molar-refractivity contribution is 7.09. The van der Waals surface area contributed by atoms with E-state index in [1.54, 1.807) is 11.3 Å². The largest absolute Gasteiger partial charge is 0.303 e. The molecule has 2 rings (SSSR count). The van der Waals surface area contributed by atoms with Crippen molar-refractivity contribution in [3.63, 3.8) is 0 Å². The molecule has 0 saturated carbocycles. The lowest BCUT2D eigenvalue weighted by atomic mass is 10.00. The summed E-state index contributed by atoms with van der Waals surface area (Å²) in [7, 11) is 0. The van der Waals surface area contributed by atoms with Crippen LogP contribution in [-0.4, -0.2) is 29.3 Å². The predicted molar refractivity (Wildman–Crippen MR) is 70.2 cm³/mol. The molecule has 0 amide bonds. The Labute approximate surface area is 107 Å². The van der Waals surface area contributed by atoms with E-state index in [0.717, 1.165) is 51.6 Å². The molecular formula is C13H20N2OS. The molecule has 1 aliphatic rings.